The van der Waals surface area contributed by atoms with Crippen LogP contribution in [0.1, 0.15) is 168 Å². The molecule has 0 aliphatic carbocycles. The zero-order valence-corrected chi connectivity index (χ0v) is 37.6. The number of ether oxygens (including phenoxy) is 4. The zero-order chi connectivity index (χ0) is 44.1. The maximum Gasteiger partial charge on any atom is 0.306 e. The van der Waals surface area contributed by atoms with E-state index in [1.807, 2.05) is 0 Å². The molecule has 1 heterocycles. The standard InChI is InChI=1S/C47H80O12S/c1-3-5-7-9-11-13-15-17-19-20-22-23-25-27-29-31-33-35-42(48)56-37-40(38-57-47-46(52)45(51)44(50)41(59-47)39-60(53,54)55)58-43(49)36-34-32-30-28-26-24-21-18-16-14-12-10-8-6-4-2/h7,9,13,15,19-20,23,25-26,28,40-41,44-47,50-52H,3-6,8,10-12,14,16-18,21-22,24,27,29-39H2,1-2H3,(H,53,54,55)/b9-7+,15-13+,20-19+,25-23+,28-26+/t40-,41-,44-,45?,46?,47+/m1/s1. The number of allylic oxidation sites excluding steroid dienone is 10. The van der Waals surface area contributed by atoms with E-state index in [0.29, 0.717) is 12.8 Å². The van der Waals surface area contributed by atoms with Gasteiger partial charge in [-0.1, -0.05) is 139 Å². The minimum atomic E-state index is -4.61. The van der Waals surface area contributed by atoms with Crippen LogP contribution < -0.4 is 0 Å². The Bertz CT molecular complexity index is 1340. The molecule has 13 heteroatoms. The Hall–Kier alpha value is -2.65. The van der Waals surface area contributed by atoms with Crippen LogP contribution in [-0.2, 0) is 38.7 Å². The van der Waals surface area contributed by atoms with E-state index < -0.39 is 71.2 Å². The lowest BCUT2D eigenvalue weighted by atomic mass is 10.00. The van der Waals surface area contributed by atoms with Crippen molar-refractivity contribution in [2.75, 3.05) is 19.0 Å². The predicted molar refractivity (Wildman–Crippen MR) is 238 cm³/mol. The molecule has 1 aliphatic rings. The Kier molecular flexibility index (Phi) is 34.1. The summed E-state index contributed by atoms with van der Waals surface area (Å²) in [6.45, 7) is 3.64. The van der Waals surface area contributed by atoms with Gasteiger partial charge in [-0.25, -0.2) is 0 Å². The van der Waals surface area contributed by atoms with Gasteiger partial charge < -0.3 is 34.3 Å². The van der Waals surface area contributed by atoms with Crippen molar-refractivity contribution in [3.8, 4) is 0 Å². The summed E-state index contributed by atoms with van der Waals surface area (Å²) in [6.07, 6.45) is 35.5. The second-order valence-electron chi connectivity index (χ2n) is 15.7. The number of hydrogen-bond donors (Lipinski definition) is 4. The van der Waals surface area contributed by atoms with Crippen LogP contribution in [0.25, 0.3) is 0 Å². The van der Waals surface area contributed by atoms with Crippen LogP contribution in [0.4, 0.5) is 0 Å². The summed E-state index contributed by atoms with van der Waals surface area (Å²) in [4.78, 5) is 25.4. The largest absolute Gasteiger partial charge is 0.462 e. The van der Waals surface area contributed by atoms with E-state index in [9.17, 15) is 37.9 Å². The second kappa shape index (κ2) is 37.0. The molecule has 1 rings (SSSR count). The lowest BCUT2D eigenvalue weighted by molar-refractivity contribution is -0.297. The fourth-order valence-electron chi connectivity index (χ4n) is 6.48. The van der Waals surface area contributed by atoms with Crippen LogP contribution >= 0.6 is 0 Å². The molecule has 12 nitrogen and oxygen atoms in total. The molecule has 0 radical (unpaired) electrons. The average Bonchev–Trinajstić information content (AvgIpc) is 3.21. The molecular weight excluding hydrogens is 789 g/mol. The third-order valence-corrected chi connectivity index (χ3v) is 10.8. The third kappa shape index (κ3) is 31.2. The van der Waals surface area contributed by atoms with Gasteiger partial charge in [-0.3, -0.25) is 14.1 Å². The van der Waals surface area contributed by atoms with E-state index in [-0.39, 0.29) is 19.4 Å². The van der Waals surface area contributed by atoms with Crippen molar-refractivity contribution in [3.05, 3.63) is 60.8 Å². The van der Waals surface area contributed by atoms with Crippen LogP contribution in [-0.4, -0.2) is 96.0 Å². The SMILES string of the molecule is CCC/C=C/C/C=C/C/C=C/C/C=C/CCCCCC(=O)OC[C@H](CO[C@H]1O[C@H](CS(=O)(=O)O)[C@@H](O)C(O)C1O)OC(=O)CCCC/C=C/CCCCCCCCCCC. The minimum Gasteiger partial charge on any atom is -0.462 e. The highest BCUT2D eigenvalue weighted by Crippen LogP contribution is 2.24. The summed E-state index contributed by atoms with van der Waals surface area (Å²) in [5.74, 6) is -2.06. The molecule has 4 N–H and O–H groups in total. The smallest absolute Gasteiger partial charge is 0.306 e. The second-order valence-corrected chi connectivity index (χ2v) is 17.2. The number of unbranched alkanes of at least 4 members (excludes halogenated alkanes) is 15. The van der Waals surface area contributed by atoms with E-state index in [1.165, 1.54) is 64.2 Å². The molecule has 0 aromatic heterocycles. The van der Waals surface area contributed by atoms with Gasteiger partial charge in [0.25, 0.3) is 10.1 Å². The summed E-state index contributed by atoms with van der Waals surface area (Å²) in [6, 6.07) is 0. The summed E-state index contributed by atoms with van der Waals surface area (Å²) < 4.78 is 54.0. The summed E-state index contributed by atoms with van der Waals surface area (Å²) in [5, 5.41) is 30.9. The van der Waals surface area contributed by atoms with Crippen LogP contribution in [0.15, 0.2) is 60.8 Å². The van der Waals surface area contributed by atoms with Gasteiger partial charge in [0.2, 0.25) is 0 Å². The lowest BCUT2D eigenvalue weighted by Gasteiger charge is -2.40. The Balaban J connectivity index is 2.49. The molecule has 0 spiro atoms. The predicted octanol–water partition coefficient (Wildman–Crippen LogP) is 9.34. The maximum absolute atomic E-state index is 12.8. The van der Waals surface area contributed by atoms with Gasteiger partial charge in [-0.15, -0.1) is 0 Å². The van der Waals surface area contributed by atoms with Gasteiger partial charge in [0, 0.05) is 12.8 Å². The molecule has 0 aromatic carbocycles. The van der Waals surface area contributed by atoms with Gasteiger partial charge in [0.05, 0.1) is 6.61 Å². The molecule has 0 bridgehead atoms. The lowest BCUT2D eigenvalue weighted by Crippen LogP contribution is -2.60. The van der Waals surface area contributed by atoms with Crippen molar-refractivity contribution < 1.29 is 56.8 Å². The number of rotatable bonds is 37. The van der Waals surface area contributed by atoms with Crippen LogP contribution in [0, 0.1) is 0 Å². The van der Waals surface area contributed by atoms with E-state index in [0.717, 1.165) is 64.2 Å². The number of carbonyl (C=O) groups is 2. The minimum absolute atomic E-state index is 0.125. The van der Waals surface area contributed by atoms with Crippen molar-refractivity contribution in [2.24, 2.45) is 0 Å². The highest BCUT2D eigenvalue weighted by atomic mass is 32.2. The monoisotopic (exact) mass is 869 g/mol. The quantitative estimate of drug-likeness (QED) is 0.0201. The molecule has 0 amide bonds. The van der Waals surface area contributed by atoms with Crippen molar-refractivity contribution in [2.45, 2.75) is 205 Å². The van der Waals surface area contributed by atoms with Gasteiger partial charge in [-0.05, 0) is 77.0 Å². The van der Waals surface area contributed by atoms with Gasteiger partial charge >= 0.3 is 11.9 Å². The summed E-state index contributed by atoms with van der Waals surface area (Å²) >= 11 is 0. The first-order chi connectivity index (χ1) is 29.0. The van der Waals surface area contributed by atoms with E-state index in [1.54, 1.807) is 0 Å². The van der Waals surface area contributed by atoms with Gasteiger partial charge in [0.1, 0.15) is 36.8 Å². The fourth-order valence-corrected chi connectivity index (χ4v) is 7.18. The Morgan fingerprint density at radius 2 is 1.03 bits per heavy atom. The van der Waals surface area contributed by atoms with Crippen LogP contribution in [0.5, 0.6) is 0 Å². The highest BCUT2D eigenvalue weighted by Gasteiger charge is 2.46. The Morgan fingerprint density at radius 1 is 0.567 bits per heavy atom. The van der Waals surface area contributed by atoms with Crippen molar-refractivity contribution in [3.63, 3.8) is 0 Å². The molecule has 6 atom stereocenters. The van der Waals surface area contributed by atoms with Crippen molar-refractivity contribution in [1.29, 1.82) is 0 Å². The van der Waals surface area contributed by atoms with Crippen LogP contribution in [0.3, 0.4) is 0 Å². The molecule has 1 saturated heterocycles. The van der Waals surface area contributed by atoms with Crippen molar-refractivity contribution in [1.82, 2.24) is 0 Å². The normalized spacial score (nSPS) is 20.7. The molecule has 0 saturated carbocycles. The first-order valence-corrected chi connectivity index (χ1v) is 24.5. The van der Waals surface area contributed by atoms with Gasteiger partial charge in [-0.2, -0.15) is 8.42 Å². The average molecular weight is 869 g/mol. The highest BCUT2D eigenvalue weighted by molar-refractivity contribution is 7.85. The van der Waals surface area contributed by atoms with Crippen molar-refractivity contribution >= 4 is 22.1 Å². The molecule has 2 unspecified atom stereocenters. The van der Waals surface area contributed by atoms with E-state index in [2.05, 4.69) is 74.6 Å². The number of hydrogen-bond acceptors (Lipinski definition) is 11. The Morgan fingerprint density at radius 3 is 1.60 bits per heavy atom. The number of esters is 2. The third-order valence-electron chi connectivity index (χ3n) is 10.1. The van der Waals surface area contributed by atoms with Gasteiger partial charge in [0.15, 0.2) is 12.4 Å². The topological polar surface area (TPSA) is 186 Å². The first-order valence-electron chi connectivity index (χ1n) is 22.8. The number of aliphatic hydroxyl groups excluding tert-OH is 3. The molecule has 1 fully saturated rings. The summed E-state index contributed by atoms with van der Waals surface area (Å²) in [5.41, 5.74) is 0. The molecule has 346 valence electrons. The van der Waals surface area contributed by atoms with E-state index in [4.69, 9.17) is 18.9 Å². The van der Waals surface area contributed by atoms with Crippen LogP contribution in [0.2, 0.25) is 0 Å². The molecule has 60 heavy (non-hydrogen) atoms. The zero-order valence-electron chi connectivity index (χ0n) is 36.8. The number of aliphatic hydroxyl groups is 3. The molecule has 0 aromatic rings. The molecular formula is C47H80O12S. The Labute approximate surface area is 362 Å². The first kappa shape index (κ1) is 55.4. The fraction of sp³-hybridized carbons (Fsp3) is 0.745. The van der Waals surface area contributed by atoms with E-state index >= 15 is 0 Å². The summed E-state index contributed by atoms with van der Waals surface area (Å²) in [7, 11) is -4.61. The number of carbonyl (C=O) groups excluding carboxylic acids is 2. The molecule has 1 aliphatic heterocycles. The maximum atomic E-state index is 12.8.